The molecule has 0 radical (unpaired) electrons. The molecule has 2 nitrogen and oxygen atoms in total. The summed E-state index contributed by atoms with van der Waals surface area (Å²) in [6, 6.07) is 15.9. The molecule has 2 rings (SSSR count). The first-order valence-corrected chi connectivity index (χ1v) is 8.36. The van der Waals surface area contributed by atoms with Gasteiger partial charge in [0.05, 0.1) is 0 Å². The monoisotopic (exact) mass is 310 g/mol. The third-order valence-corrected chi connectivity index (χ3v) is 4.40. The van der Waals surface area contributed by atoms with E-state index in [0.29, 0.717) is 24.9 Å². The molecule has 0 aromatic heterocycles. The Morgan fingerprint density at radius 3 is 2.26 bits per heavy atom. The molecular formula is C21H26O2. The summed E-state index contributed by atoms with van der Waals surface area (Å²) >= 11 is 0. The topological polar surface area (TPSA) is 26.3 Å². The van der Waals surface area contributed by atoms with Crippen molar-refractivity contribution in [3.05, 3.63) is 65.2 Å². The van der Waals surface area contributed by atoms with Crippen LogP contribution in [0.3, 0.4) is 0 Å². The Morgan fingerprint density at radius 2 is 1.65 bits per heavy atom. The fourth-order valence-corrected chi connectivity index (χ4v) is 2.50. The lowest BCUT2D eigenvalue weighted by Crippen LogP contribution is -2.06. The van der Waals surface area contributed by atoms with Crippen LogP contribution < -0.4 is 4.74 Å². The molecule has 0 bridgehead atoms. The van der Waals surface area contributed by atoms with Crippen molar-refractivity contribution in [3.8, 4) is 5.75 Å². The lowest BCUT2D eigenvalue weighted by Gasteiger charge is -2.20. The zero-order valence-electron chi connectivity index (χ0n) is 14.5. The number of rotatable bonds is 7. The summed E-state index contributed by atoms with van der Waals surface area (Å²) in [5, 5.41) is 0. The summed E-state index contributed by atoms with van der Waals surface area (Å²) in [5.74, 6) is 2.14. The van der Waals surface area contributed by atoms with E-state index < -0.39 is 0 Å². The Balaban J connectivity index is 2.08. The molecule has 0 heterocycles. The minimum atomic E-state index is 0.175. The Morgan fingerprint density at radius 1 is 1.00 bits per heavy atom. The molecule has 0 amide bonds. The number of carbonyl (C=O) groups excluding carboxylic acids is 1. The van der Waals surface area contributed by atoms with Crippen molar-refractivity contribution in [2.45, 2.75) is 46.6 Å². The molecule has 0 spiro atoms. The average molecular weight is 310 g/mol. The van der Waals surface area contributed by atoms with Crippen molar-refractivity contribution in [2.24, 2.45) is 5.92 Å². The summed E-state index contributed by atoms with van der Waals surface area (Å²) < 4.78 is 6.04. The van der Waals surface area contributed by atoms with E-state index in [9.17, 15) is 4.79 Å². The second-order valence-corrected chi connectivity index (χ2v) is 6.33. The third-order valence-electron chi connectivity index (χ3n) is 4.40. The first-order chi connectivity index (χ1) is 11.0. The van der Waals surface area contributed by atoms with Gasteiger partial charge in [-0.3, -0.25) is 4.79 Å². The standard InChI is InChI=1S/C21H26O2/c1-5-20(22)18-12-10-17(11-13-18)14-23-21-9-7-6-8-19(21)16(4)15(2)3/h6-13,15-16H,5,14H2,1-4H3. The number of ether oxygens (including phenoxy) is 1. The third kappa shape index (κ3) is 4.44. The molecule has 1 unspecified atom stereocenters. The van der Waals surface area contributed by atoms with E-state index >= 15 is 0 Å². The number of hydrogen-bond acceptors (Lipinski definition) is 2. The summed E-state index contributed by atoms with van der Waals surface area (Å²) in [7, 11) is 0. The second-order valence-electron chi connectivity index (χ2n) is 6.33. The Labute approximate surface area is 139 Å². The van der Waals surface area contributed by atoms with Crippen LogP contribution in [-0.4, -0.2) is 5.78 Å². The summed E-state index contributed by atoms with van der Waals surface area (Å²) in [4.78, 5) is 11.7. The van der Waals surface area contributed by atoms with Crippen molar-refractivity contribution in [1.29, 1.82) is 0 Å². The maximum absolute atomic E-state index is 11.7. The van der Waals surface area contributed by atoms with Gasteiger partial charge in [0.25, 0.3) is 0 Å². The molecule has 0 aliphatic heterocycles. The molecule has 0 aliphatic rings. The predicted octanol–water partition coefficient (Wildman–Crippen LogP) is 5.62. The molecule has 0 aliphatic carbocycles. The Hall–Kier alpha value is -2.09. The van der Waals surface area contributed by atoms with Crippen LogP contribution >= 0.6 is 0 Å². The minimum Gasteiger partial charge on any atom is -0.489 e. The van der Waals surface area contributed by atoms with Crippen LogP contribution in [-0.2, 0) is 6.61 Å². The van der Waals surface area contributed by atoms with Crippen LogP contribution in [0.5, 0.6) is 5.75 Å². The van der Waals surface area contributed by atoms with Crippen molar-refractivity contribution in [3.63, 3.8) is 0 Å². The van der Waals surface area contributed by atoms with Crippen molar-refractivity contribution in [2.75, 3.05) is 0 Å². The number of ketones is 1. The van der Waals surface area contributed by atoms with Gasteiger partial charge in [-0.05, 0) is 29.0 Å². The van der Waals surface area contributed by atoms with E-state index in [1.807, 2.05) is 43.3 Å². The van der Waals surface area contributed by atoms with Crippen LogP contribution in [0.25, 0.3) is 0 Å². The fraction of sp³-hybridized carbons (Fsp3) is 0.381. The first-order valence-electron chi connectivity index (χ1n) is 8.36. The molecule has 0 saturated heterocycles. The van der Waals surface area contributed by atoms with Gasteiger partial charge in [0, 0.05) is 12.0 Å². The average Bonchev–Trinajstić information content (AvgIpc) is 2.59. The zero-order chi connectivity index (χ0) is 16.8. The molecule has 122 valence electrons. The van der Waals surface area contributed by atoms with Gasteiger partial charge < -0.3 is 4.74 Å². The molecule has 2 aromatic rings. The molecular weight excluding hydrogens is 284 g/mol. The summed E-state index contributed by atoms with van der Waals surface area (Å²) in [6.45, 7) is 9.09. The van der Waals surface area contributed by atoms with Crippen LogP contribution in [0, 0.1) is 5.92 Å². The number of Topliss-reactive ketones (excluding diaryl/α,β-unsaturated/α-hetero) is 1. The van der Waals surface area contributed by atoms with E-state index in [-0.39, 0.29) is 5.78 Å². The minimum absolute atomic E-state index is 0.175. The van der Waals surface area contributed by atoms with Crippen molar-refractivity contribution in [1.82, 2.24) is 0 Å². The molecule has 0 saturated carbocycles. The highest BCUT2D eigenvalue weighted by atomic mass is 16.5. The first kappa shape index (κ1) is 17.3. The largest absolute Gasteiger partial charge is 0.489 e. The van der Waals surface area contributed by atoms with Crippen molar-refractivity contribution >= 4 is 5.78 Å². The van der Waals surface area contributed by atoms with Crippen LogP contribution in [0.15, 0.2) is 48.5 Å². The van der Waals surface area contributed by atoms with E-state index in [2.05, 4.69) is 32.9 Å². The van der Waals surface area contributed by atoms with Gasteiger partial charge in [0.1, 0.15) is 12.4 Å². The number of carbonyl (C=O) groups is 1. The van der Waals surface area contributed by atoms with Gasteiger partial charge in [-0.1, -0.05) is 70.2 Å². The second kappa shape index (κ2) is 7.96. The lowest BCUT2D eigenvalue weighted by atomic mass is 9.90. The molecule has 1 atom stereocenters. The molecule has 2 aromatic carbocycles. The number of hydrogen-bond donors (Lipinski definition) is 0. The van der Waals surface area contributed by atoms with Gasteiger partial charge in [-0.25, -0.2) is 0 Å². The van der Waals surface area contributed by atoms with Crippen LogP contribution in [0.4, 0.5) is 0 Å². The van der Waals surface area contributed by atoms with Crippen LogP contribution in [0.1, 0.15) is 61.5 Å². The highest BCUT2D eigenvalue weighted by Gasteiger charge is 2.14. The highest BCUT2D eigenvalue weighted by Crippen LogP contribution is 2.31. The molecule has 2 heteroatoms. The smallest absolute Gasteiger partial charge is 0.162 e. The lowest BCUT2D eigenvalue weighted by molar-refractivity contribution is 0.0988. The van der Waals surface area contributed by atoms with Gasteiger partial charge in [0.2, 0.25) is 0 Å². The number of para-hydroxylation sites is 1. The van der Waals surface area contributed by atoms with Crippen LogP contribution in [0.2, 0.25) is 0 Å². The summed E-state index contributed by atoms with van der Waals surface area (Å²) in [6.07, 6.45) is 0.538. The van der Waals surface area contributed by atoms with E-state index in [1.54, 1.807) is 0 Å². The van der Waals surface area contributed by atoms with Gasteiger partial charge in [-0.15, -0.1) is 0 Å². The van der Waals surface area contributed by atoms with Gasteiger partial charge in [0.15, 0.2) is 5.78 Å². The fourth-order valence-electron chi connectivity index (χ4n) is 2.50. The molecule has 0 fully saturated rings. The normalized spacial score (nSPS) is 12.2. The van der Waals surface area contributed by atoms with E-state index in [0.717, 1.165) is 16.9 Å². The Bertz CT molecular complexity index is 641. The quantitative estimate of drug-likeness (QED) is 0.621. The zero-order valence-corrected chi connectivity index (χ0v) is 14.5. The molecule has 0 N–H and O–H groups in total. The van der Waals surface area contributed by atoms with Crippen molar-refractivity contribution < 1.29 is 9.53 Å². The Kier molecular flexibility index (Phi) is 5.97. The molecule has 23 heavy (non-hydrogen) atoms. The van der Waals surface area contributed by atoms with E-state index in [1.165, 1.54) is 5.56 Å². The SMILES string of the molecule is CCC(=O)c1ccc(COc2ccccc2C(C)C(C)C)cc1. The summed E-state index contributed by atoms with van der Waals surface area (Å²) in [5.41, 5.74) is 3.09. The van der Waals surface area contributed by atoms with Gasteiger partial charge >= 0.3 is 0 Å². The number of benzene rings is 2. The van der Waals surface area contributed by atoms with Gasteiger partial charge in [-0.2, -0.15) is 0 Å². The maximum Gasteiger partial charge on any atom is 0.162 e. The predicted molar refractivity (Wildman–Crippen MR) is 95.1 cm³/mol. The van der Waals surface area contributed by atoms with E-state index in [4.69, 9.17) is 4.74 Å². The maximum atomic E-state index is 11.7. The highest BCUT2D eigenvalue weighted by molar-refractivity contribution is 5.95.